The van der Waals surface area contributed by atoms with E-state index in [0.717, 1.165) is 32.0 Å². The van der Waals surface area contributed by atoms with E-state index < -0.39 is 0 Å². The fourth-order valence-corrected chi connectivity index (χ4v) is 3.49. The van der Waals surface area contributed by atoms with Crippen LogP contribution in [0.25, 0.3) is 0 Å². The van der Waals surface area contributed by atoms with Crippen LogP contribution in [-0.2, 0) is 26.1 Å². The fourth-order valence-electron chi connectivity index (χ4n) is 2.59. The minimum atomic E-state index is 0.685. The normalized spacial score (nSPS) is 11.8. The van der Waals surface area contributed by atoms with Gasteiger partial charge in [-0.05, 0) is 50.7 Å². The zero-order chi connectivity index (χ0) is 18.1. The van der Waals surface area contributed by atoms with E-state index in [9.17, 15) is 0 Å². The molecule has 2 N–H and O–H groups in total. The fraction of sp³-hybridized carbons (Fsp3) is 0.450. The van der Waals surface area contributed by atoms with Gasteiger partial charge in [0.2, 0.25) is 0 Å². The Hall–Kier alpha value is -1.85. The van der Waals surface area contributed by atoms with E-state index >= 15 is 0 Å². The van der Waals surface area contributed by atoms with Gasteiger partial charge in [-0.3, -0.25) is 0 Å². The maximum absolute atomic E-state index is 4.77. The van der Waals surface area contributed by atoms with Gasteiger partial charge in [0.1, 0.15) is 0 Å². The van der Waals surface area contributed by atoms with Crippen molar-refractivity contribution in [2.24, 2.45) is 4.99 Å². The molecule has 0 aliphatic carbocycles. The predicted octanol–water partition coefficient (Wildman–Crippen LogP) is 3.63. The van der Waals surface area contributed by atoms with Crippen molar-refractivity contribution in [3.8, 4) is 0 Å². The number of hydrogen-bond donors (Lipinski definition) is 2. The maximum atomic E-state index is 4.77. The molecular formula is C20H30N4S. The molecule has 0 aliphatic rings. The summed E-state index contributed by atoms with van der Waals surface area (Å²) in [5.74, 6) is 0.869. The Bertz CT molecular complexity index is 676. The van der Waals surface area contributed by atoms with Gasteiger partial charge >= 0.3 is 0 Å². The standard InChI is InChI=1S/C20H30N4S/c1-5-18-11-12-19(25-18)14-23-20(21-6-2)22-13-16-9-7-8-10-17(16)15-24(3)4/h7-12H,5-6,13-15H2,1-4H3,(H2,21,22,23). The third-order valence-electron chi connectivity index (χ3n) is 3.85. The predicted molar refractivity (Wildman–Crippen MR) is 109 cm³/mol. The average molecular weight is 359 g/mol. The van der Waals surface area contributed by atoms with E-state index in [-0.39, 0.29) is 0 Å². The number of rotatable bonds is 8. The smallest absolute Gasteiger partial charge is 0.191 e. The average Bonchev–Trinajstić information content (AvgIpc) is 3.06. The van der Waals surface area contributed by atoms with Crippen molar-refractivity contribution in [2.75, 3.05) is 20.6 Å². The molecule has 2 aromatic rings. The Morgan fingerprint density at radius 3 is 2.36 bits per heavy atom. The second-order valence-corrected chi connectivity index (χ2v) is 7.53. The molecule has 1 aromatic heterocycles. The van der Waals surface area contributed by atoms with Crippen LogP contribution in [0.4, 0.5) is 0 Å². The summed E-state index contributed by atoms with van der Waals surface area (Å²) >= 11 is 1.87. The van der Waals surface area contributed by atoms with Crippen LogP contribution in [0.3, 0.4) is 0 Å². The summed E-state index contributed by atoms with van der Waals surface area (Å²) in [4.78, 5) is 9.73. The second kappa shape index (κ2) is 10.2. The molecule has 0 spiro atoms. The third-order valence-corrected chi connectivity index (χ3v) is 5.08. The molecule has 4 nitrogen and oxygen atoms in total. The highest BCUT2D eigenvalue weighted by atomic mass is 32.1. The van der Waals surface area contributed by atoms with Gasteiger partial charge in [-0.15, -0.1) is 11.3 Å². The Balaban J connectivity index is 2.01. The molecule has 25 heavy (non-hydrogen) atoms. The largest absolute Gasteiger partial charge is 0.357 e. The molecule has 0 radical (unpaired) electrons. The number of aliphatic imine (C=N–C) groups is 1. The molecule has 5 heteroatoms. The molecule has 0 fully saturated rings. The number of benzene rings is 1. The van der Waals surface area contributed by atoms with E-state index in [4.69, 9.17) is 4.99 Å². The molecule has 1 aromatic carbocycles. The summed E-state index contributed by atoms with van der Waals surface area (Å²) in [6, 6.07) is 12.9. The van der Waals surface area contributed by atoms with Crippen molar-refractivity contribution in [1.82, 2.24) is 15.5 Å². The van der Waals surface area contributed by atoms with Crippen molar-refractivity contribution in [3.05, 3.63) is 57.3 Å². The summed E-state index contributed by atoms with van der Waals surface area (Å²) in [6.07, 6.45) is 1.10. The maximum Gasteiger partial charge on any atom is 0.191 e. The van der Waals surface area contributed by atoms with Crippen LogP contribution in [0.15, 0.2) is 41.4 Å². The molecule has 0 atom stereocenters. The minimum absolute atomic E-state index is 0.685. The molecule has 1 heterocycles. The van der Waals surface area contributed by atoms with E-state index in [1.807, 2.05) is 11.3 Å². The van der Waals surface area contributed by atoms with Gasteiger partial charge < -0.3 is 15.5 Å². The Labute approximate surface area is 156 Å². The number of nitrogens with zero attached hydrogens (tertiary/aromatic N) is 2. The van der Waals surface area contributed by atoms with Gasteiger partial charge in [0.25, 0.3) is 0 Å². The van der Waals surface area contributed by atoms with Crippen LogP contribution < -0.4 is 10.6 Å². The highest BCUT2D eigenvalue weighted by Gasteiger charge is 2.04. The first-order valence-corrected chi connectivity index (χ1v) is 9.75. The lowest BCUT2D eigenvalue weighted by atomic mass is 10.1. The lowest BCUT2D eigenvalue weighted by molar-refractivity contribution is 0.401. The molecule has 0 unspecified atom stereocenters. The first-order valence-electron chi connectivity index (χ1n) is 8.93. The molecule has 136 valence electrons. The molecule has 0 aliphatic heterocycles. The summed E-state index contributed by atoms with van der Waals surface area (Å²) < 4.78 is 0. The number of thiophene rings is 1. The van der Waals surface area contributed by atoms with Crippen LogP contribution in [0.2, 0.25) is 0 Å². The molecule has 2 rings (SSSR count). The third kappa shape index (κ3) is 6.52. The van der Waals surface area contributed by atoms with E-state index in [1.165, 1.54) is 20.9 Å². The Morgan fingerprint density at radius 2 is 1.72 bits per heavy atom. The van der Waals surface area contributed by atoms with Gasteiger partial charge in [0, 0.05) is 22.8 Å². The highest BCUT2D eigenvalue weighted by Crippen LogP contribution is 2.16. The lowest BCUT2D eigenvalue weighted by Gasteiger charge is -2.14. The van der Waals surface area contributed by atoms with Crippen molar-refractivity contribution in [1.29, 1.82) is 0 Å². The Kier molecular flexibility index (Phi) is 7.95. The van der Waals surface area contributed by atoms with E-state index in [2.05, 4.69) is 79.9 Å². The zero-order valence-electron chi connectivity index (χ0n) is 15.8. The van der Waals surface area contributed by atoms with Crippen LogP contribution in [-0.4, -0.2) is 31.5 Å². The quantitative estimate of drug-likeness (QED) is 0.559. The van der Waals surface area contributed by atoms with Crippen LogP contribution in [0.1, 0.15) is 34.7 Å². The summed E-state index contributed by atoms with van der Waals surface area (Å²) in [7, 11) is 4.19. The molecule has 0 bridgehead atoms. The van der Waals surface area contributed by atoms with Crippen LogP contribution in [0, 0.1) is 0 Å². The van der Waals surface area contributed by atoms with Crippen molar-refractivity contribution >= 4 is 17.3 Å². The van der Waals surface area contributed by atoms with Gasteiger partial charge in [-0.1, -0.05) is 31.2 Å². The monoisotopic (exact) mass is 358 g/mol. The summed E-state index contributed by atoms with van der Waals surface area (Å²) in [6.45, 7) is 7.58. The van der Waals surface area contributed by atoms with Crippen molar-refractivity contribution < 1.29 is 0 Å². The first-order chi connectivity index (χ1) is 12.1. The zero-order valence-corrected chi connectivity index (χ0v) is 16.6. The first kappa shape index (κ1) is 19.5. The molecule has 0 saturated heterocycles. The number of guanidine groups is 1. The molecular weight excluding hydrogens is 328 g/mol. The molecule has 0 saturated carbocycles. The highest BCUT2D eigenvalue weighted by molar-refractivity contribution is 7.11. The topological polar surface area (TPSA) is 39.7 Å². The number of hydrogen-bond acceptors (Lipinski definition) is 3. The summed E-state index contributed by atoms with van der Waals surface area (Å²) in [5, 5.41) is 6.78. The van der Waals surface area contributed by atoms with Gasteiger partial charge in [-0.25, -0.2) is 4.99 Å². The number of aryl methyl sites for hydroxylation is 1. The lowest BCUT2D eigenvalue weighted by Crippen LogP contribution is -2.36. The van der Waals surface area contributed by atoms with Crippen LogP contribution >= 0.6 is 11.3 Å². The SMILES string of the molecule is CCNC(=NCc1ccccc1CN(C)C)NCc1ccc(CC)s1. The Morgan fingerprint density at radius 1 is 1.00 bits per heavy atom. The van der Waals surface area contributed by atoms with Gasteiger partial charge in [-0.2, -0.15) is 0 Å². The van der Waals surface area contributed by atoms with E-state index in [1.54, 1.807) is 0 Å². The van der Waals surface area contributed by atoms with Gasteiger partial charge in [0.15, 0.2) is 5.96 Å². The van der Waals surface area contributed by atoms with Gasteiger partial charge in [0.05, 0.1) is 13.1 Å². The summed E-state index contributed by atoms with van der Waals surface area (Å²) in [5.41, 5.74) is 2.61. The second-order valence-electron chi connectivity index (χ2n) is 6.28. The minimum Gasteiger partial charge on any atom is -0.357 e. The van der Waals surface area contributed by atoms with Crippen LogP contribution in [0.5, 0.6) is 0 Å². The van der Waals surface area contributed by atoms with Crippen molar-refractivity contribution in [2.45, 2.75) is 39.9 Å². The van der Waals surface area contributed by atoms with E-state index in [0.29, 0.717) is 6.54 Å². The number of nitrogens with one attached hydrogen (secondary N) is 2. The molecule has 0 amide bonds. The van der Waals surface area contributed by atoms with Crippen molar-refractivity contribution in [3.63, 3.8) is 0 Å².